The van der Waals surface area contributed by atoms with E-state index in [1.807, 2.05) is 6.92 Å². The van der Waals surface area contributed by atoms with Gasteiger partial charge in [-0.3, -0.25) is 10.00 Å². The lowest BCUT2D eigenvalue weighted by Gasteiger charge is -2.00. The van der Waals surface area contributed by atoms with Crippen LogP contribution < -0.4 is 10.6 Å². The lowest BCUT2D eigenvalue weighted by Crippen LogP contribution is -2.28. The van der Waals surface area contributed by atoms with E-state index in [-0.39, 0.29) is 6.03 Å². The van der Waals surface area contributed by atoms with Crippen molar-refractivity contribution >= 4 is 11.8 Å². The van der Waals surface area contributed by atoms with Crippen LogP contribution in [-0.2, 0) is 7.05 Å². The van der Waals surface area contributed by atoms with Gasteiger partial charge in [-0.05, 0) is 6.92 Å². The summed E-state index contributed by atoms with van der Waals surface area (Å²) in [6.07, 6.45) is 1.77. The third-order valence-electron chi connectivity index (χ3n) is 1.29. The maximum atomic E-state index is 11.0. The Kier molecular flexibility index (Phi) is 2.68. The zero-order chi connectivity index (χ0) is 8.97. The number of carbonyl (C=O) groups excluding carboxylic acids is 1. The van der Waals surface area contributed by atoms with Gasteiger partial charge < -0.3 is 5.32 Å². The van der Waals surface area contributed by atoms with Gasteiger partial charge >= 0.3 is 6.03 Å². The zero-order valence-electron chi connectivity index (χ0n) is 7.16. The molecule has 0 aliphatic heterocycles. The normalized spacial score (nSPS) is 9.50. The second-order valence-electron chi connectivity index (χ2n) is 2.36. The van der Waals surface area contributed by atoms with Gasteiger partial charge in [-0.2, -0.15) is 5.10 Å². The Hall–Kier alpha value is -1.52. The Morgan fingerprint density at radius 2 is 2.50 bits per heavy atom. The number of anilines is 1. The Balaban J connectivity index is 2.46. The summed E-state index contributed by atoms with van der Waals surface area (Å²) in [6, 6.07) is 1.51. The molecule has 1 heterocycles. The van der Waals surface area contributed by atoms with Gasteiger partial charge in [-0.15, -0.1) is 0 Å². The summed E-state index contributed by atoms with van der Waals surface area (Å²) in [7, 11) is 1.79. The number of rotatable bonds is 2. The highest BCUT2D eigenvalue weighted by Gasteiger charge is 2.00. The van der Waals surface area contributed by atoms with Crippen LogP contribution in [0.3, 0.4) is 0 Å². The molecule has 5 nitrogen and oxygen atoms in total. The highest BCUT2D eigenvalue weighted by molar-refractivity contribution is 5.87. The van der Waals surface area contributed by atoms with E-state index >= 15 is 0 Å². The van der Waals surface area contributed by atoms with E-state index in [0.29, 0.717) is 12.4 Å². The average molecular weight is 168 g/mol. The molecule has 0 unspecified atom stereocenters. The monoisotopic (exact) mass is 168 g/mol. The van der Waals surface area contributed by atoms with Gasteiger partial charge in [0.05, 0.1) is 0 Å². The second kappa shape index (κ2) is 3.75. The highest BCUT2D eigenvalue weighted by atomic mass is 16.2. The van der Waals surface area contributed by atoms with Crippen LogP contribution in [0.1, 0.15) is 6.92 Å². The fourth-order valence-electron chi connectivity index (χ4n) is 0.803. The number of hydrogen-bond acceptors (Lipinski definition) is 2. The van der Waals surface area contributed by atoms with E-state index in [1.54, 1.807) is 24.0 Å². The standard InChI is InChI=1S/C7H12N4O/c1-3-8-7(12)9-6-4-5-11(2)10-6/h4-5H,3H2,1-2H3,(H2,8,9,10,12). The Morgan fingerprint density at radius 1 is 1.75 bits per heavy atom. The predicted molar refractivity (Wildman–Crippen MR) is 45.9 cm³/mol. The minimum Gasteiger partial charge on any atom is -0.338 e. The molecular weight excluding hydrogens is 156 g/mol. The Bertz CT molecular complexity index is 268. The van der Waals surface area contributed by atoms with Crippen LogP contribution in [-0.4, -0.2) is 22.4 Å². The Labute approximate surface area is 70.8 Å². The first kappa shape index (κ1) is 8.58. The van der Waals surface area contributed by atoms with Crippen molar-refractivity contribution in [3.8, 4) is 0 Å². The van der Waals surface area contributed by atoms with Crippen LogP contribution in [0.2, 0.25) is 0 Å². The molecule has 5 heteroatoms. The van der Waals surface area contributed by atoms with Crippen LogP contribution in [0, 0.1) is 0 Å². The number of hydrogen-bond donors (Lipinski definition) is 2. The second-order valence-corrected chi connectivity index (χ2v) is 2.36. The Morgan fingerprint density at radius 3 is 3.00 bits per heavy atom. The van der Waals surface area contributed by atoms with Crippen molar-refractivity contribution in [1.29, 1.82) is 0 Å². The molecule has 0 atom stereocenters. The number of nitrogens with one attached hydrogen (secondary N) is 2. The summed E-state index contributed by atoms with van der Waals surface area (Å²) in [4.78, 5) is 11.0. The van der Waals surface area contributed by atoms with Gasteiger partial charge in [0.25, 0.3) is 0 Å². The van der Waals surface area contributed by atoms with E-state index < -0.39 is 0 Å². The number of amides is 2. The van der Waals surface area contributed by atoms with Gasteiger partial charge in [0.15, 0.2) is 5.82 Å². The molecule has 66 valence electrons. The lowest BCUT2D eigenvalue weighted by atomic mass is 10.6. The largest absolute Gasteiger partial charge is 0.338 e. The first-order valence-corrected chi connectivity index (χ1v) is 3.77. The maximum Gasteiger partial charge on any atom is 0.320 e. The first-order chi connectivity index (χ1) is 5.72. The molecule has 2 amide bonds. The van der Waals surface area contributed by atoms with Gasteiger partial charge in [0, 0.05) is 25.9 Å². The van der Waals surface area contributed by atoms with E-state index in [1.165, 1.54) is 0 Å². The quantitative estimate of drug-likeness (QED) is 0.678. The van der Waals surface area contributed by atoms with Crippen LogP contribution in [0.4, 0.5) is 10.6 Å². The van der Waals surface area contributed by atoms with Crippen molar-refractivity contribution < 1.29 is 4.79 Å². The average Bonchev–Trinajstić information content (AvgIpc) is 2.36. The molecule has 0 radical (unpaired) electrons. The van der Waals surface area contributed by atoms with E-state index in [9.17, 15) is 4.79 Å². The minimum atomic E-state index is -0.226. The molecule has 1 aromatic heterocycles. The molecule has 0 saturated carbocycles. The first-order valence-electron chi connectivity index (χ1n) is 3.77. The lowest BCUT2D eigenvalue weighted by molar-refractivity contribution is 0.252. The summed E-state index contributed by atoms with van der Waals surface area (Å²) in [5.41, 5.74) is 0. The summed E-state index contributed by atoms with van der Waals surface area (Å²) in [6.45, 7) is 2.47. The van der Waals surface area contributed by atoms with Gasteiger partial charge in [-0.25, -0.2) is 4.79 Å². The molecule has 0 aliphatic carbocycles. The third-order valence-corrected chi connectivity index (χ3v) is 1.29. The molecule has 12 heavy (non-hydrogen) atoms. The summed E-state index contributed by atoms with van der Waals surface area (Å²) < 4.78 is 1.63. The van der Waals surface area contributed by atoms with Crippen molar-refractivity contribution in [2.45, 2.75) is 6.92 Å². The molecule has 2 N–H and O–H groups in total. The molecular formula is C7H12N4O. The minimum absolute atomic E-state index is 0.226. The SMILES string of the molecule is CCNC(=O)Nc1ccn(C)n1. The summed E-state index contributed by atoms with van der Waals surface area (Å²) >= 11 is 0. The highest BCUT2D eigenvalue weighted by Crippen LogP contribution is 1.99. The van der Waals surface area contributed by atoms with Crippen LogP contribution in [0.5, 0.6) is 0 Å². The van der Waals surface area contributed by atoms with Crippen molar-refractivity contribution in [2.75, 3.05) is 11.9 Å². The summed E-state index contributed by atoms with van der Waals surface area (Å²) in [5.74, 6) is 0.559. The molecule has 0 aliphatic rings. The van der Waals surface area contributed by atoms with E-state index in [2.05, 4.69) is 15.7 Å². The number of aromatic nitrogens is 2. The van der Waals surface area contributed by atoms with Crippen LogP contribution >= 0.6 is 0 Å². The van der Waals surface area contributed by atoms with Gasteiger partial charge in [0.1, 0.15) is 0 Å². The van der Waals surface area contributed by atoms with Crippen molar-refractivity contribution in [2.24, 2.45) is 7.05 Å². The number of aryl methyl sites for hydroxylation is 1. The topological polar surface area (TPSA) is 59.0 Å². The zero-order valence-corrected chi connectivity index (χ0v) is 7.16. The number of carbonyl (C=O) groups is 1. The van der Waals surface area contributed by atoms with Crippen molar-refractivity contribution in [1.82, 2.24) is 15.1 Å². The fourth-order valence-corrected chi connectivity index (χ4v) is 0.803. The van der Waals surface area contributed by atoms with Crippen molar-refractivity contribution in [3.05, 3.63) is 12.3 Å². The molecule has 0 fully saturated rings. The smallest absolute Gasteiger partial charge is 0.320 e. The number of urea groups is 1. The third kappa shape index (κ3) is 2.26. The molecule has 0 spiro atoms. The molecule has 0 aromatic carbocycles. The molecule has 1 rings (SSSR count). The molecule has 1 aromatic rings. The molecule has 0 bridgehead atoms. The van der Waals surface area contributed by atoms with Crippen LogP contribution in [0.25, 0.3) is 0 Å². The fraction of sp³-hybridized carbons (Fsp3) is 0.429. The van der Waals surface area contributed by atoms with Gasteiger partial charge in [-0.1, -0.05) is 0 Å². The predicted octanol–water partition coefficient (Wildman–Crippen LogP) is 0.562. The van der Waals surface area contributed by atoms with E-state index in [0.717, 1.165) is 0 Å². The van der Waals surface area contributed by atoms with Gasteiger partial charge in [0.2, 0.25) is 0 Å². The molecule has 0 saturated heterocycles. The van der Waals surface area contributed by atoms with Crippen molar-refractivity contribution in [3.63, 3.8) is 0 Å². The number of nitrogens with zero attached hydrogens (tertiary/aromatic N) is 2. The maximum absolute atomic E-state index is 11.0. The summed E-state index contributed by atoms with van der Waals surface area (Å²) in [5, 5.41) is 9.16. The van der Waals surface area contributed by atoms with Crippen LogP contribution in [0.15, 0.2) is 12.3 Å². The van der Waals surface area contributed by atoms with E-state index in [4.69, 9.17) is 0 Å².